The van der Waals surface area contributed by atoms with E-state index in [9.17, 15) is 4.39 Å². The molecule has 3 aromatic rings. The molecule has 0 saturated heterocycles. The van der Waals surface area contributed by atoms with Gasteiger partial charge in [0, 0.05) is 16.4 Å². The molecule has 4 rings (SSSR count). The SMILES string of the molecule is C#CC(N)(c1nc(-c2cc(C)c(OC)cc2Cl)c(C)s1)[C@@H](CC1CCC1)c1ccc(F)cc1.Cl. The van der Waals surface area contributed by atoms with E-state index >= 15 is 0 Å². The molecular formula is C27H29Cl2FN2OS. The third-order valence-corrected chi connectivity index (χ3v) is 8.18. The molecule has 0 bridgehead atoms. The molecule has 1 fully saturated rings. The molecular weight excluding hydrogens is 490 g/mol. The maximum absolute atomic E-state index is 13.7. The third kappa shape index (κ3) is 4.97. The first-order chi connectivity index (χ1) is 15.8. The van der Waals surface area contributed by atoms with Gasteiger partial charge in [-0.25, -0.2) is 9.37 Å². The zero-order valence-corrected chi connectivity index (χ0v) is 21.9. The van der Waals surface area contributed by atoms with Crippen LogP contribution in [0.1, 0.15) is 52.6 Å². The summed E-state index contributed by atoms with van der Waals surface area (Å²) in [5.74, 6) is 3.73. The molecule has 0 amide bonds. The third-order valence-electron chi connectivity index (χ3n) is 6.74. The Morgan fingerprint density at radius 2 is 1.97 bits per heavy atom. The van der Waals surface area contributed by atoms with Crippen LogP contribution in [0.3, 0.4) is 0 Å². The first-order valence-electron chi connectivity index (χ1n) is 11.1. The van der Waals surface area contributed by atoms with Crippen molar-refractivity contribution in [1.82, 2.24) is 4.98 Å². The van der Waals surface area contributed by atoms with Gasteiger partial charge in [0.15, 0.2) is 0 Å². The molecule has 2 N–H and O–H groups in total. The number of aromatic nitrogens is 1. The minimum atomic E-state index is -1.12. The fourth-order valence-corrected chi connectivity index (χ4v) is 5.83. The van der Waals surface area contributed by atoms with Crippen LogP contribution in [0.15, 0.2) is 36.4 Å². The highest BCUT2D eigenvalue weighted by Crippen LogP contribution is 2.46. The Morgan fingerprint density at radius 3 is 2.53 bits per heavy atom. The quantitative estimate of drug-likeness (QED) is 0.331. The molecule has 1 aliphatic rings. The van der Waals surface area contributed by atoms with Crippen molar-refractivity contribution in [3.05, 3.63) is 68.2 Å². The maximum Gasteiger partial charge on any atom is 0.136 e. The lowest BCUT2D eigenvalue weighted by atomic mass is 9.70. The van der Waals surface area contributed by atoms with Crippen molar-refractivity contribution in [2.45, 2.75) is 51.0 Å². The molecule has 0 spiro atoms. The molecule has 34 heavy (non-hydrogen) atoms. The van der Waals surface area contributed by atoms with Gasteiger partial charge in [0.2, 0.25) is 0 Å². The predicted octanol–water partition coefficient (Wildman–Crippen LogP) is 7.41. The van der Waals surface area contributed by atoms with E-state index in [0.29, 0.717) is 15.9 Å². The highest BCUT2D eigenvalue weighted by Gasteiger charge is 2.41. The number of hydrogen-bond donors (Lipinski definition) is 1. The number of rotatable bonds is 7. The van der Waals surface area contributed by atoms with Gasteiger partial charge in [-0.2, -0.15) is 0 Å². The van der Waals surface area contributed by atoms with Crippen LogP contribution >= 0.6 is 35.3 Å². The highest BCUT2D eigenvalue weighted by molar-refractivity contribution is 7.12. The predicted molar refractivity (Wildman–Crippen MR) is 142 cm³/mol. The van der Waals surface area contributed by atoms with Crippen LogP contribution in [-0.4, -0.2) is 12.1 Å². The molecule has 180 valence electrons. The Labute approximate surface area is 216 Å². The molecule has 1 unspecified atom stereocenters. The summed E-state index contributed by atoms with van der Waals surface area (Å²) in [7, 11) is 1.62. The maximum atomic E-state index is 13.7. The van der Waals surface area contributed by atoms with E-state index in [1.54, 1.807) is 25.3 Å². The van der Waals surface area contributed by atoms with Crippen LogP contribution in [0, 0.1) is 37.9 Å². The fourth-order valence-electron chi connectivity index (χ4n) is 4.54. The van der Waals surface area contributed by atoms with Crippen LogP contribution in [-0.2, 0) is 5.54 Å². The molecule has 1 aliphatic carbocycles. The minimum Gasteiger partial charge on any atom is -0.496 e. The van der Waals surface area contributed by atoms with Gasteiger partial charge in [0.05, 0.1) is 17.8 Å². The Bertz CT molecular complexity index is 1200. The topological polar surface area (TPSA) is 48.1 Å². The molecule has 1 aromatic heterocycles. The van der Waals surface area contributed by atoms with Crippen molar-refractivity contribution in [2.75, 3.05) is 7.11 Å². The lowest BCUT2D eigenvalue weighted by Gasteiger charge is -2.37. The second-order valence-electron chi connectivity index (χ2n) is 8.88. The van der Waals surface area contributed by atoms with Crippen LogP contribution in [0.25, 0.3) is 11.3 Å². The number of benzene rings is 2. The summed E-state index contributed by atoms with van der Waals surface area (Å²) in [5.41, 5.74) is 9.39. The summed E-state index contributed by atoms with van der Waals surface area (Å²) in [6.07, 6.45) is 10.5. The van der Waals surface area contributed by atoms with E-state index in [1.807, 2.05) is 19.9 Å². The van der Waals surface area contributed by atoms with Gasteiger partial charge < -0.3 is 10.5 Å². The van der Waals surface area contributed by atoms with Crippen molar-refractivity contribution in [2.24, 2.45) is 11.7 Å². The summed E-state index contributed by atoms with van der Waals surface area (Å²) < 4.78 is 19.0. The molecule has 3 nitrogen and oxygen atoms in total. The second kappa shape index (κ2) is 10.7. The highest BCUT2D eigenvalue weighted by atomic mass is 35.5. The number of methoxy groups -OCH3 is 1. The Kier molecular flexibility index (Phi) is 8.31. The number of nitrogens with two attached hydrogens (primary N) is 1. The van der Waals surface area contributed by atoms with Crippen LogP contribution in [0.2, 0.25) is 5.02 Å². The van der Waals surface area contributed by atoms with E-state index in [1.165, 1.54) is 42.7 Å². The van der Waals surface area contributed by atoms with Gasteiger partial charge in [-0.1, -0.05) is 48.9 Å². The van der Waals surface area contributed by atoms with Gasteiger partial charge in [-0.3, -0.25) is 0 Å². The van der Waals surface area contributed by atoms with Crippen LogP contribution < -0.4 is 10.5 Å². The molecule has 2 aromatic carbocycles. The molecule has 0 aliphatic heterocycles. The van der Waals surface area contributed by atoms with E-state index in [4.69, 9.17) is 33.5 Å². The molecule has 1 saturated carbocycles. The normalized spacial score (nSPS) is 16.0. The number of terminal acetylenes is 1. The second-order valence-corrected chi connectivity index (χ2v) is 10.5. The monoisotopic (exact) mass is 518 g/mol. The van der Waals surface area contributed by atoms with Crippen molar-refractivity contribution in [3.63, 3.8) is 0 Å². The van der Waals surface area contributed by atoms with E-state index < -0.39 is 5.54 Å². The number of hydrogen-bond acceptors (Lipinski definition) is 4. The Balaban J connectivity index is 0.00000324. The average molecular weight is 520 g/mol. The molecule has 7 heteroatoms. The lowest BCUT2D eigenvalue weighted by molar-refractivity contribution is 0.248. The Hall–Kier alpha value is -2.10. The minimum absolute atomic E-state index is 0. The van der Waals surface area contributed by atoms with Gasteiger partial charge in [-0.15, -0.1) is 30.2 Å². The largest absolute Gasteiger partial charge is 0.496 e. The van der Waals surface area contributed by atoms with E-state index in [0.717, 1.165) is 39.4 Å². The molecule has 0 radical (unpaired) electrons. The van der Waals surface area contributed by atoms with Gasteiger partial charge in [-0.05, 0) is 61.6 Å². The van der Waals surface area contributed by atoms with Crippen LogP contribution in [0.5, 0.6) is 5.75 Å². The van der Waals surface area contributed by atoms with Gasteiger partial charge in [0.25, 0.3) is 0 Å². The number of ether oxygens (including phenoxy) is 1. The van der Waals surface area contributed by atoms with Crippen molar-refractivity contribution >= 4 is 35.3 Å². The zero-order chi connectivity index (χ0) is 23.8. The summed E-state index contributed by atoms with van der Waals surface area (Å²) >= 11 is 8.09. The number of halogens is 3. The first-order valence-corrected chi connectivity index (χ1v) is 12.3. The molecule has 2 atom stereocenters. The first kappa shape index (κ1) is 26.5. The zero-order valence-electron chi connectivity index (χ0n) is 19.5. The summed E-state index contributed by atoms with van der Waals surface area (Å²) in [5, 5.41) is 1.24. The summed E-state index contributed by atoms with van der Waals surface area (Å²) in [6.45, 7) is 3.97. The van der Waals surface area contributed by atoms with Crippen LogP contribution in [0.4, 0.5) is 4.39 Å². The molecule has 1 heterocycles. The Morgan fingerprint density at radius 1 is 1.29 bits per heavy atom. The van der Waals surface area contributed by atoms with Gasteiger partial charge in [0.1, 0.15) is 22.1 Å². The summed E-state index contributed by atoms with van der Waals surface area (Å²) in [4.78, 5) is 5.94. The average Bonchev–Trinajstić information content (AvgIpc) is 3.16. The fraction of sp³-hybridized carbons (Fsp3) is 0.370. The van der Waals surface area contributed by atoms with Crippen molar-refractivity contribution in [3.8, 4) is 29.4 Å². The summed E-state index contributed by atoms with van der Waals surface area (Å²) in [6, 6.07) is 10.3. The van der Waals surface area contributed by atoms with Crippen molar-refractivity contribution in [1.29, 1.82) is 0 Å². The number of nitrogens with zero attached hydrogens (tertiary/aromatic N) is 1. The van der Waals surface area contributed by atoms with E-state index in [2.05, 4.69) is 5.92 Å². The standard InChI is InChI=1S/C27H28ClFN2OS.ClH/c1-5-27(30,22(14-18-7-6-8-18)19-9-11-20(29)12-10-19)26-31-25(17(3)33-26)21-13-16(2)24(32-4)15-23(21)28;/h1,9-13,15,18,22H,6-8,14,30H2,2-4H3;1H/t22-,27?;/m0./s1. The lowest BCUT2D eigenvalue weighted by Crippen LogP contribution is -2.42. The van der Waals surface area contributed by atoms with E-state index in [-0.39, 0.29) is 24.1 Å². The van der Waals surface area contributed by atoms with Gasteiger partial charge >= 0.3 is 0 Å². The smallest absolute Gasteiger partial charge is 0.136 e. The number of thiazole rings is 1. The number of aryl methyl sites for hydroxylation is 2. The van der Waals surface area contributed by atoms with Crippen molar-refractivity contribution < 1.29 is 9.13 Å².